The highest BCUT2D eigenvalue weighted by Crippen LogP contribution is 2.29. The second kappa shape index (κ2) is 8.27. The van der Waals surface area contributed by atoms with Crippen molar-refractivity contribution in [2.75, 3.05) is 25.0 Å². The minimum Gasteiger partial charge on any atom is -0.477 e. The molecule has 0 spiro atoms. The van der Waals surface area contributed by atoms with Gasteiger partial charge in [0.2, 0.25) is 5.43 Å². The molecule has 1 aliphatic heterocycles. The fourth-order valence-corrected chi connectivity index (χ4v) is 4.07. The fourth-order valence-electron chi connectivity index (χ4n) is 4.07. The average Bonchev–Trinajstić information content (AvgIpc) is 3.23. The van der Waals surface area contributed by atoms with Gasteiger partial charge in [-0.05, 0) is 44.5 Å². The number of pyridine rings is 2. The predicted molar refractivity (Wildman–Crippen MR) is 113 cm³/mol. The molecule has 1 fully saturated rings. The normalized spacial score (nSPS) is 17.2. The summed E-state index contributed by atoms with van der Waals surface area (Å²) in [6.07, 6.45) is 1.73. The first kappa shape index (κ1) is 21.8. The van der Waals surface area contributed by atoms with E-state index >= 15 is 4.39 Å². The summed E-state index contributed by atoms with van der Waals surface area (Å²) in [4.78, 5) is 30.3. The van der Waals surface area contributed by atoms with Crippen molar-refractivity contribution in [3.63, 3.8) is 0 Å². The zero-order valence-corrected chi connectivity index (χ0v) is 17.4. The van der Waals surface area contributed by atoms with Crippen molar-refractivity contribution in [3.05, 3.63) is 63.7 Å². The lowest BCUT2D eigenvalue weighted by atomic mass is 10.0. The molecule has 3 aromatic rings. The van der Waals surface area contributed by atoms with Gasteiger partial charge in [-0.25, -0.2) is 22.9 Å². The van der Waals surface area contributed by atoms with Gasteiger partial charge in [0.05, 0.1) is 11.1 Å². The molecular formula is C22H21F3N4O3. The van der Waals surface area contributed by atoms with Crippen LogP contribution < -0.4 is 15.6 Å². The molecule has 0 unspecified atom stereocenters. The van der Waals surface area contributed by atoms with Crippen LogP contribution >= 0.6 is 0 Å². The Hall–Kier alpha value is -3.40. The van der Waals surface area contributed by atoms with Gasteiger partial charge in [-0.2, -0.15) is 0 Å². The van der Waals surface area contributed by atoms with Crippen LogP contribution in [0.2, 0.25) is 0 Å². The highest BCUT2D eigenvalue weighted by molar-refractivity contribution is 5.92. The van der Waals surface area contributed by atoms with E-state index in [1.807, 2.05) is 14.0 Å². The summed E-state index contributed by atoms with van der Waals surface area (Å²) >= 11 is 0. The number of benzene rings is 1. The largest absolute Gasteiger partial charge is 0.477 e. The van der Waals surface area contributed by atoms with Crippen LogP contribution in [0.4, 0.5) is 19.0 Å². The highest BCUT2D eigenvalue weighted by atomic mass is 19.1. The first-order chi connectivity index (χ1) is 15.2. The average molecular weight is 446 g/mol. The molecule has 2 N–H and O–H groups in total. The van der Waals surface area contributed by atoms with E-state index in [9.17, 15) is 23.5 Å². The number of hydrogen-bond donors (Lipinski definition) is 2. The van der Waals surface area contributed by atoms with E-state index in [0.717, 1.165) is 35.4 Å². The number of nitrogens with one attached hydrogen (secondary N) is 1. The molecule has 1 aliphatic rings. The Labute approximate surface area is 181 Å². The lowest BCUT2D eigenvalue weighted by molar-refractivity contribution is 0.0695. The number of hydrogen-bond acceptors (Lipinski definition) is 5. The number of carbonyl (C=O) groups is 1. The Morgan fingerprint density at radius 2 is 2.00 bits per heavy atom. The summed E-state index contributed by atoms with van der Waals surface area (Å²) < 4.78 is 44.0. The molecule has 32 heavy (non-hydrogen) atoms. The van der Waals surface area contributed by atoms with Crippen molar-refractivity contribution in [1.29, 1.82) is 0 Å². The lowest BCUT2D eigenvalue weighted by Crippen LogP contribution is -2.33. The number of carboxylic acid groups (broad SMARTS) is 1. The number of anilines is 1. The zero-order chi connectivity index (χ0) is 23.2. The Balaban J connectivity index is 1.94. The summed E-state index contributed by atoms with van der Waals surface area (Å²) in [6, 6.07) is 3.87. The van der Waals surface area contributed by atoms with Gasteiger partial charge in [0.1, 0.15) is 17.2 Å². The Morgan fingerprint density at radius 1 is 1.25 bits per heavy atom. The predicted octanol–water partition coefficient (Wildman–Crippen LogP) is 2.94. The van der Waals surface area contributed by atoms with Gasteiger partial charge < -0.3 is 15.3 Å². The van der Waals surface area contributed by atoms with Gasteiger partial charge in [0, 0.05) is 31.4 Å². The third kappa shape index (κ3) is 3.70. The molecule has 3 heterocycles. The van der Waals surface area contributed by atoms with E-state index in [1.165, 1.54) is 0 Å². The van der Waals surface area contributed by atoms with Gasteiger partial charge >= 0.3 is 5.97 Å². The maximum atomic E-state index is 15.0. The maximum Gasteiger partial charge on any atom is 0.341 e. The molecule has 2 aromatic heterocycles. The first-order valence-corrected chi connectivity index (χ1v) is 10.1. The molecule has 168 valence electrons. The summed E-state index contributed by atoms with van der Waals surface area (Å²) in [5, 5.41) is 12.3. The number of aromatic nitrogens is 2. The molecule has 0 radical (unpaired) electrons. The van der Waals surface area contributed by atoms with E-state index < -0.39 is 34.4 Å². The van der Waals surface area contributed by atoms with E-state index in [-0.39, 0.29) is 34.5 Å². The Morgan fingerprint density at radius 3 is 2.66 bits per heavy atom. The van der Waals surface area contributed by atoms with Gasteiger partial charge in [-0.15, -0.1) is 0 Å². The SMILES string of the molecule is CN[C@@H](C)[C@@H]1CCN(c2nc3c(cc2F)c(=O)c(C(=O)O)cn3-c2ccc(F)cc2F)C1. The van der Waals surface area contributed by atoms with Crippen LogP contribution in [0.5, 0.6) is 0 Å². The van der Waals surface area contributed by atoms with Gasteiger partial charge in [-0.3, -0.25) is 9.36 Å². The number of carboxylic acids is 1. The molecule has 1 saturated heterocycles. The van der Waals surface area contributed by atoms with Crippen molar-refractivity contribution >= 4 is 22.8 Å². The summed E-state index contributed by atoms with van der Waals surface area (Å²) in [5.41, 5.74) is -1.95. The summed E-state index contributed by atoms with van der Waals surface area (Å²) in [5.74, 6) is -3.90. The number of aromatic carboxylic acids is 1. The van der Waals surface area contributed by atoms with Crippen LogP contribution in [0.25, 0.3) is 16.7 Å². The van der Waals surface area contributed by atoms with Gasteiger partial charge in [-0.1, -0.05) is 0 Å². The van der Waals surface area contributed by atoms with E-state index in [2.05, 4.69) is 10.3 Å². The van der Waals surface area contributed by atoms with Crippen molar-refractivity contribution in [1.82, 2.24) is 14.9 Å². The minimum atomic E-state index is -1.55. The Bertz CT molecular complexity index is 1280. The van der Waals surface area contributed by atoms with E-state index in [4.69, 9.17) is 0 Å². The van der Waals surface area contributed by atoms with E-state index in [0.29, 0.717) is 19.2 Å². The summed E-state index contributed by atoms with van der Waals surface area (Å²) in [7, 11) is 1.85. The number of halogens is 3. The molecule has 4 rings (SSSR count). The minimum absolute atomic E-state index is 0.0120. The van der Waals surface area contributed by atoms with Crippen LogP contribution in [-0.2, 0) is 0 Å². The third-order valence-electron chi connectivity index (χ3n) is 6.00. The second-order valence-corrected chi connectivity index (χ2v) is 7.88. The van der Waals surface area contributed by atoms with Crippen molar-refractivity contribution in [2.45, 2.75) is 19.4 Å². The first-order valence-electron chi connectivity index (χ1n) is 10.1. The van der Waals surface area contributed by atoms with Crippen molar-refractivity contribution in [2.24, 2.45) is 5.92 Å². The van der Waals surface area contributed by atoms with Gasteiger partial charge in [0.25, 0.3) is 0 Å². The molecule has 0 bridgehead atoms. The smallest absolute Gasteiger partial charge is 0.341 e. The van der Waals surface area contributed by atoms with Crippen LogP contribution in [0.3, 0.4) is 0 Å². The lowest BCUT2D eigenvalue weighted by Gasteiger charge is -2.22. The standard InChI is InChI=1S/C22H21F3N4O3/c1-11(26-2)12-5-6-28(9-12)21-17(25)8-14-19(30)15(22(31)32)10-29(20(14)27-21)18-4-3-13(23)7-16(18)24/h3-4,7-8,10-12,26H,5-6,9H2,1-2H3,(H,31,32)/t11-,12+/m0/s1. The summed E-state index contributed by atoms with van der Waals surface area (Å²) in [6.45, 7) is 3.09. The molecule has 0 saturated carbocycles. The maximum absolute atomic E-state index is 15.0. The highest BCUT2D eigenvalue weighted by Gasteiger charge is 2.30. The van der Waals surface area contributed by atoms with Crippen molar-refractivity contribution < 1.29 is 23.1 Å². The molecule has 2 atom stereocenters. The molecule has 7 nitrogen and oxygen atoms in total. The Kier molecular flexibility index (Phi) is 5.64. The second-order valence-electron chi connectivity index (χ2n) is 7.88. The zero-order valence-electron chi connectivity index (χ0n) is 17.4. The van der Waals surface area contributed by atoms with Gasteiger partial charge in [0.15, 0.2) is 17.3 Å². The van der Waals surface area contributed by atoms with Crippen LogP contribution in [-0.4, -0.2) is 46.8 Å². The molecule has 10 heteroatoms. The quantitative estimate of drug-likeness (QED) is 0.627. The van der Waals surface area contributed by atoms with E-state index in [1.54, 1.807) is 4.90 Å². The fraction of sp³-hybridized carbons (Fsp3) is 0.318. The third-order valence-corrected chi connectivity index (χ3v) is 6.00. The monoisotopic (exact) mass is 446 g/mol. The van der Waals surface area contributed by atoms with Crippen molar-refractivity contribution in [3.8, 4) is 5.69 Å². The van der Waals surface area contributed by atoms with Crippen LogP contribution in [0.15, 0.2) is 35.3 Å². The van der Waals surface area contributed by atoms with Crippen LogP contribution in [0.1, 0.15) is 23.7 Å². The number of fused-ring (bicyclic) bond motifs is 1. The topological polar surface area (TPSA) is 87.5 Å². The number of nitrogens with zero attached hydrogens (tertiary/aromatic N) is 3. The van der Waals surface area contributed by atoms with Crippen LogP contribution in [0, 0.1) is 23.4 Å². The molecule has 0 aliphatic carbocycles. The molecule has 1 aromatic carbocycles. The molecular weight excluding hydrogens is 425 g/mol. The molecule has 0 amide bonds. The number of rotatable bonds is 5.